The molecule has 0 radical (unpaired) electrons. The summed E-state index contributed by atoms with van der Waals surface area (Å²) in [6.45, 7) is 6.81. The Morgan fingerprint density at radius 3 is 0.314 bits per heavy atom. The van der Waals surface area contributed by atoms with Crippen molar-refractivity contribution in [2.45, 2.75) is 48.5 Å². The molecule has 218 valence electrons. The van der Waals surface area contributed by atoms with Gasteiger partial charge in [-0.25, -0.2) is 0 Å². The van der Waals surface area contributed by atoms with E-state index in [1.807, 2.05) is 0 Å². The van der Waals surface area contributed by atoms with Crippen LogP contribution < -0.4 is 35.7 Å². The van der Waals surface area contributed by atoms with Gasteiger partial charge in [-0.3, -0.25) is 0 Å². The summed E-state index contributed by atoms with van der Waals surface area (Å²) >= 11 is 0. The maximum absolute atomic E-state index is 8.89. The molecule has 0 saturated heterocycles. The molecule has 0 rings (SSSR count). The number of carbonyl (C=O) groups is 7. The third kappa shape index (κ3) is 7860. The standard InChI is InChI=1S/7C2H4O2.3Ir.3H2O.O/c7*1-2(3)4;;;;;;;/h7*1H3,(H,3,4);;;;3*1H2;/q;;;;;;;3*+3;;;;-2/p-7. The number of aliphatic carboxylic acids is 7. The van der Waals surface area contributed by atoms with E-state index in [4.69, 9.17) is 69.3 Å². The molecule has 0 amide bonds. The Kier molecular flexibility index (Phi) is 227. The van der Waals surface area contributed by atoms with Gasteiger partial charge >= 0.3 is 60.3 Å². The van der Waals surface area contributed by atoms with Crippen molar-refractivity contribution < 1.29 is 152 Å². The molecule has 0 aliphatic carbocycles. The van der Waals surface area contributed by atoms with E-state index in [9.17, 15) is 0 Å². The van der Waals surface area contributed by atoms with Gasteiger partial charge in [-0.15, -0.1) is 0 Å². The van der Waals surface area contributed by atoms with E-state index in [-0.39, 0.29) is 82.2 Å². The van der Waals surface area contributed by atoms with Gasteiger partial charge in [-0.1, -0.05) is 0 Å². The molecule has 0 bridgehead atoms. The van der Waals surface area contributed by atoms with E-state index in [0.29, 0.717) is 0 Å². The second kappa shape index (κ2) is 85.1. The fourth-order valence-electron chi connectivity index (χ4n) is 0. The number of hydrogen-bond acceptors (Lipinski definition) is 14. The molecule has 0 aliphatic heterocycles. The van der Waals surface area contributed by atoms with Gasteiger partial charge in [0, 0.05) is 41.8 Å². The van der Waals surface area contributed by atoms with E-state index in [1.54, 1.807) is 0 Å². The molecule has 35 heavy (non-hydrogen) atoms. The third-order valence-corrected chi connectivity index (χ3v) is 0. The number of rotatable bonds is 0. The van der Waals surface area contributed by atoms with Crippen LogP contribution in [0.4, 0.5) is 0 Å². The van der Waals surface area contributed by atoms with Crippen LogP contribution in [0, 0.1) is 0 Å². The van der Waals surface area contributed by atoms with E-state index < -0.39 is 41.8 Å². The van der Waals surface area contributed by atoms with Crippen LogP contribution in [0.15, 0.2) is 0 Å². The fourth-order valence-corrected chi connectivity index (χ4v) is 0. The predicted octanol–water partition coefficient (Wildman–Crippen LogP) is -11.3. The van der Waals surface area contributed by atoms with Crippen molar-refractivity contribution in [2.24, 2.45) is 0 Å². The van der Waals surface area contributed by atoms with Gasteiger partial charge in [0.05, 0.1) is 0 Å². The first-order valence-electron chi connectivity index (χ1n) is 6.36. The van der Waals surface area contributed by atoms with Crippen LogP contribution in [0.1, 0.15) is 48.5 Å². The number of carbonyl (C=O) groups excluding carboxylic acids is 7. The fraction of sp³-hybridized carbons (Fsp3) is 0.500. The molecule has 0 fully saturated rings. The first-order chi connectivity index (χ1) is 12.1. The van der Waals surface area contributed by atoms with Crippen molar-refractivity contribution in [3.8, 4) is 0 Å². The van der Waals surface area contributed by atoms with Crippen LogP contribution in [-0.2, 0) is 99.4 Å². The maximum Gasteiger partial charge on any atom is 3.00 e. The Bertz CT molecular complexity index is 325. The van der Waals surface area contributed by atoms with Gasteiger partial charge in [0.25, 0.3) is 0 Å². The van der Waals surface area contributed by atoms with Crippen LogP contribution in [0.5, 0.6) is 0 Å². The van der Waals surface area contributed by atoms with Gasteiger partial charge in [-0.05, 0) is 48.5 Å². The van der Waals surface area contributed by atoms with Crippen LogP contribution in [0.3, 0.4) is 0 Å². The smallest absolute Gasteiger partial charge is 2.00 e. The second-order valence-corrected chi connectivity index (χ2v) is 3.44. The molecule has 0 atom stereocenters. The summed E-state index contributed by atoms with van der Waals surface area (Å²) < 4.78 is 0. The van der Waals surface area contributed by atoms with Crippen molar-refractivity contribution in [3.05, 3.63) is 0 Å². The summed E-state index contributed by atoms with van der Waals surface area (Å²) in [7, 11) is 0. The van der Waals surface area contributed by atoms with Crippen LogP contribution in [0.2, 0.25) is 0 Å². The SMILES string of the molecule is CC(=O)[O-].CC(=O)[O-].CC(=O)[O-].CC(=O)[O-].CC(=O)[O-].CC(=O)[O-].CC(=O)[O-].O.O.O.[Ir+3].[Ir+3].[Ir+3].[O-2]. The van der Waals surface area contributed by atoms with E-state index in [0.717, 1.165) is 48.5 Å². The van der Waals surface area contributed by atoms with Crippen LogP contribution >= 0.6 is 0 Å². The van der Waals surface area contributed by atoms with Crippen molar-refractivity contribution in [2.75, 3.05) is 0 Å². The zero-order chi connectivity index (χ0) is 25.0. The van der Waals surface area contributed by atoms with Crippen molar-refractivity contribution in [1.82, 2.24) is 0 Å². The zero-order valence-electron chi connectivity index (χ0n) is 19.1. The Morgan fingerprint density at radius 2 is 0.314 bits per heavy atom. The summed E-state index contributed by atoms with van der Waals surface area (Å²) in [4.78, 5) is 62.2. The minimum absolute atomic E-state index is 0. The van der Waals surface area contributed by atoms with E-state index >= 15 is 0 Å². The maximum atomic E-state index is 8.89. The average molecular weight is 1060 g/mol. The predicted molar refractivity (Wildman–Crippen MR) is 86.3 cm³/mol. The minimum Gasteiger partial charge on any atom is -2.00 e. The van der Waals surface area contributed by atoms with Gasteiger partial charge in [-0.2, -0.15) is 0 Å². The van der Waals surface area contributed by atoms with Gasteiger partial charge in [0.1, 0.15) is 0 Å². The monoisotopic (exact) mass is 1060 g/mol. The molecular weight excluding hydrogens is 1030 g/mol. The molecule has 0 heterocycles. The van der Waals surface area contributed by atoms with Crippen LogP contribution in [0.25, 0.3) is 0 Å². The summed E-state index contributed by atoms with van der Waals surface area (Å²) in [6.07, 6.45) is 0. The van der Waals surface area contributed by atoms with Crippen molar-refractivity contribution in [1.29, 1.82) is 0 Å². The molecule has 0 aromatic heterocycles. The normalized spacial score (nSPS) is 5.00. The summed E-state index contributed by atoms with van der Waals surface area (Å²) in [5.41, 5.74) is 0. The molecule has 0 aromatic rings. The van der Waals surface area contributed by atoms with Gasteiger partial charge in [0.2, 0.25) is 0 Å². The molecule has 21 heteroatoms. The molecule has 0 spiro atoms. The largest absolute Gasteiger partial charge is 3.00 e. The Labute approximate surface area is 241 Å². The molecular formula is C14H27Ir3O18. The summed E-state index contributed by atoms with van der Waals surface area (Å²) in [5.74, 6) is -7.58. The van der Waals surface area contributed by atoms with Crippen molar-refractivity contribution in [3.63, 3.8) is 0 Å². The molecule has 0 saturated carbocycles. The third-order valence-electron chi connectivity index (χ3n) is 0. The Hall–Kier alpha value is -1.92. The quantitative estimate of drug-likeness (QED) is 0.218. The number of carboxylic acids is 7. The van der Waals surface area contributed by atoms with Crippen LogP contribution in [-0.4, -0.2) is 58.2 Å². The minimum atomic E-state index is -1.08. The first-order valence-corrected chi connectivity index (χ1v) is 6.36. The average Bonchev–Trinajstić information content (AvgIpc) is 2.20. The molecule has 18 nitrogen and oxygen atoms in total. The molecule has 6 N–H and O–H groups in total. The van der Waals surface area contributed by atoms with Gasteiger partial charge < -0.3 is 91.2 Å². The second-order valence-electron chi connectivity index (χ2n) is 3.44. The van der Waals surface area contributed by atoms with Gasteiger partial charge in [0.15, 0.2) is 0 Å². The molecule has 0 aromatic carbocycles. The molecule has 0 unspecified atom stereocenters. The van der Waals surface area contributed by atoms with E-state index in [1.165, 1.54) is 0 Å². The number of hydrogen-bond donors (Lipinski definition) is 0. The molecule has 0 aliphatic rings. The summed E-state index contributed by atoms with van der Waals surface area (Å²) in [5, 5.41) is 62.2. The van der Waals surface area contributed by atoms with Crippen molar-refractivity contribution >= 4 is 41.8 Å². The topological polar surface area (TPSA) is 404 Å². The van der Waals surface area contributed by atoms with E-state index in [2.05, 4.69) is 0 Å². The summed E-state index contributed by atoms with van der Waals surface area (Å²) in [6, 6.07) is 0. The Balaban J connectivity index is -0.0000000119. The first kappa shape index (κ1) is 93.5. The Morgan fingerprint density at radius 1 is 0.314 bits per heavy atom. The zero-order valence-corrected chi connectivity index (χ0v) is 26.3. The number of carboxylic acid groups (broad SMARTS) is 7.